The molecule has 0 saturated carbocycles. The second-order valence-electron chi connectivity index (χ2n) is 4.08. The van der Waals surface area contributed by atoms with Crippen molar-refractivity contribution < 1.29 is 9.84 Å². The van der Waals surface area contributed by atoms with E-state index in [0.717, 1.165) is 17.0 Å². The number of nitriles is 1. The predicted molar refractivity (Wildman–Crippen MR) is 76.5 cm³/mol. The van der Waals surface area contributed by atoms with Gasteiger partial charge in [-0.3, -0.25) is 0 Å². The third-order valence-electron chi connectivity index (χ3n) is 2.81. The Kier molecular flexibility index (Phi) is 4.53. The third-order valence-corrected chi connectivity index (χ3v) is 2.81. The average molecular weight is 269 g/mol. The van der Waals surface area contributed by atoms with Gasteiger partial charge in [-0.1, -0.05) is 0 Å². The molecule has 2 rings (SSSR count). The van der Waals surface area contributed by atoms with Gasteiger partial charge >= 0.3 is 0 Å². The van der Waals surface area contributed by atoms with E-state index in [9.17, 15) is 0 Å². The molecule has 0 aliphatic carbocycles. The summed E-state index contributed by atoms with van der Waals surface area (Å²) in [5.74, 6) is 1.26. The Balaban J connectivity index is 2.34. The maximum Gasteiger partial charge on any atom is 0.144 e. The molecule has 102 valence electrons. The Labute approximate surface area is 117 Å². The summed E-state index contributed by atoms with van der Waals surface area (Å²) in [6.07, 6.45) is 0. The number of nitrogens with one attached hydrogen (secondary N) is 1. The van der Waals surface area contributed by atoms with Crippen molar-refractivity contribution in [2.75, 3.05) is 25.6 Å². The van der Waals surface area contributed by atoms with Crippen LogP contribution in [-0.2, 0) is 0 Å². The number of methoxy groups -OCH3 is 1. The summed E-state index contributed by atoms with van der Waals surface area (Å²) in [6, 6.07) is 13.1. The molecule has 0 amide bonds. The van der Waals surface area contributed by atoms with Crippen LogP contribution >= 0.6 is 0 Å². The molecule has 5 nitrogen and oxygen atoms in total. The molecule has 0 saturated heterocycles. The fraction of sp³-hybridized carbons (Fsp3) is 0.200. The van der Waals surface area contributed by atoms with Crippen molar-refractivity contribution in [3.05, 3.63) is 42.0 Å². The van der Waals surface area contributed by atoms with E-state index in [0.29, 0.717) is 17.9 Å². The van der Waals surface area contributed by atoms with Crippen LogP contribution in [0.5, 0.6) is 5.75 Å². The summed E-state index contributed by atoms with van der Waals surface area (Å²) < 4.78 is 5.11. The first-order chi connectivity index (χ1) is 9.78. The van der Waals surface area contributed by atoms with Gasteiger partial charge in [0.05, 0.1) is 25.0 Å². The van der Waals surface area contributed by atoms with Gasteiger partial charge in [0, 0.05) is 12.1 Å². The highest BCUT2D eigenvalue weighted by atomic mass is 16.5. The molecular formula is C15H15N3O2. The van der Waals surface area contributed by atoms with Crippen molar-refractivity contribution in [3.8, 4) is 23.1 Å². The number of aliphatic hydroxyl groups is 1. The molecule has 1 aromatic carbocycles. The van der Waals surface area contributed by atoms with Crippen molar-refractivity contribution in [1.82, 2.24) is 4.98 Å². The van der Waals surface area contributed by atoms with Crippen molar-refractivity contribution >= 4 is 5.82 Å². The number of ether oxygens (including phenoxy) is 1. The van der Waals surface area contributed by atoms with Crippen LogP contribution in [0.3, 0.4) is 0 Å². The summed E-state index contributed by atoms with van der Waals surface area (Å²) in [4.78, 5) is 4.42. The molecule has 0 fully saturated rings. The molecule has 2 aromatic rings. The number of pyridine rings is 1. The Morgan fingerprint density at radius 3 is 2.60 bits per heavy atom. The van der Waals surface area contributed by atoms with Gasteiger partial charge in [-0.2, -0.15) is 5.26 Å². The van der Waals surface area contributed by atoms with E-state index in [1.54, 1.807) is 19.2 Å². The Hall–Kier alpha value is -2.58. The second kappa shape index (κ2) is 6.55. The molecule has 0 bridgehead atoms. The summed E-state index contributed by atoms with van der Waals surface area (Å²) in [5.41, 5.74) is 2.14. The number of hydrogen-bond acceptors (Lipinski definition) is 5. The van der Waals surface area contributed by atoms with Crippen molar-refractivity contribution in [2.24, 2.45) is 0 Å². The average Bonchev–Trinajstić information content (AvgIpc) is 2.52. The zero-order valence-electron chi connectivity index (χ0n) is 11.1. The van der Waals surface area contributed by atoms with Crippen LogP contribution in [-0.4, -0.2) is 30.4 Å². The minimum absolute atomic E-state index is 0.0146. The molecule has 0 spiro atoms. The molecule has 0 unspecified atom stereocenters. The van der Waals surface area contributed by atoms with Crippen LogP contribution < -0.4 is 10.1 Å². The van der Waals surface area contributed by atoms with Gasteiger partial charge < -0.3 is 15.2 Å². The van der Waals surface area contributed by atoms with Gasteiger partial charge in [-0.05, 0) is 36.4 Å². The monoisotopic (exact) mass is 269 g/mol. The smallest absolute Gasteiger partial charge is 0.144 e. The number of hydrogen-bond donors (Lipinski definition) is 2. The third kappa shape index (κ3) is 3.05. The molecule has 2 N–H and O–H groups in total. The van der Waals surface area contributed by atoms with Crippen molar-refractivity contribution in [1.29, 1.82) is 5.26 Å². The Bertz CT molecular complexity index is 618. The van der Waals surface area contributed by atoms with Crippen LogP contribution in [0.2, 0.25) is 0 Å². The van der Waals surface area contributed by atoms with E-state index in [4.69, 9.17) is 15.1 Å². The molecule has 0 atom stereocenters. The molecule has 1 aromatic heterocycles. The summed E-state index contributed by atoms with van der Waals surface area (Å²) in [6.45, 7) is 0.340. The molecule has 0 aliphatic heterocycles. The van der Waals surface area contributed by atoms with E-state index in [-0.39, 0.29) is 6.61 Å². The lowest BCUT2D eigenvalue weighted by molar-refractivity contribution is 0.311. The largest absolute Gasteiger partial charge is 0.497 e. The fourth-order valence-electron chi connectivity index (χ4n) is 1.78. The first-order valence-electron chi connectivity index (χ1n) is 6.19. The SMILES string of the molecule is COc1ccc(-c2ccc(C#N)c(NCCO)n2)cc1. The maximum absolute atomic E-state index is 9.04. The van der Waals surface area contributed by atoms with Crippen molar-refractivity contribution in [2.45, 2.75) is 0 Å². The topological polar surface area (TPSA) is 78.2 Å². The summed E-state index contributed by atoms with van der Waals surface area (Å²) in [5, 5.41) is 20.8. The standard InChI is InChI=1S/C15H15N3O2/c1-20-13-5-2-11(3-6-13)14-7-4-12(10-16)15(18-14)17-8-9-19/h2-7,19H,8-9H2,1H3,(H,17,18). The maximum atomic E-state index is 9.04. The number of benzene rings is 1. The molecule has 5 heteroatoms. The molecular weight excluding hydrogens is 254 g/mol. The first-order valence-corrected chi connectivity index (χ1v) is 6.19. The van der Waals surface area contributed by atoms with Crippen molar-refractivity contribution in [3.63, 3.8) is 0 Å². The number of rotatable bonds is 5. The molecule has 20 heavy (non-hydrogen) atoms. The number of aromatic nitrogens is 1. The van der Waals surface area contributed by atoms with E-state index in [1.807, 2.05) is 24.3 Å². The van der Waals surface area contributed by atoms with E-state index < -0.39 is 0 Å². The van der Waals surface area contributed by atoms with E-state index in [1.165, 1.54) is 0 Å². The molecule has 0 aliphatic rings. The minimum Gasteiger partial charge on any atom is -0.497 e. The fourth-order valence-corrected chi connectivity index (χ4v) is 1.78. The Morgan fingerprint density at radius 2 is 2.00 bits per heavy atom. The quantitative estimate of drug-likeness (QED) is 0.868. The highest BCUT2D eigenvalue weighted by Gasteiger charge is 2.07. The molecule has 0 radical (unpaired) electrons. The van der Waals surface area contributed by atoms with Gasteiger partial charge in [0.1, 0.15) is 17.6 Å². The lowest BCUT2D eigenvalue weighted by Crippen LogP contribution is -2.08. The summed E-state index contributed by atoms with van der Waals surface area (Å²) in [7, 11) is 1.62. The number of aliphatic hydroxyl groups excluding tert-OH is 1. The van der Waals surface area contributed by atoms with E-state index in [2.05, 4.69) is 16.4 Å². The highest BCUT2D eigenvalue weighted by molar-refractivity contribution is 5.65. The van der Waals surface area contributed by atoms with Gasteiger partial charge in [-0.25, -0.2) is 4.98 Å². The van der Waals surface area contributed by atoms with Crippen LogP contribution in [0.25, 0.3) is 11.3 Å². The number of nitrogens with zero attached hydrogens (tertiary/aromatic N) is 2. The van der Waals surface area contributed by atoms with Crippen LogP contribution in [0.15, 0.2) is 36.4 Å². The number of anilines is 1. The van der Waals surface area contributed by atoms with Gasteiger partial charge in [0.25, 0.3) is 0 Å². The van der Waals surface area contributed by atoms with Crippen LogP contribution in [0.1, 0.15) is 5.56 Å². The predicted octanol–water partition coefficient (Wildman–Crippen LogP) is 2.03. The van der Waals surface area contributed by atoms with Gasteiger partial charge in [0.2, 0.25) is 0 Å². The Morgan fingerprint density at radius 1 is 1.25 bits per heavy atom. The lowest BCUT2D eigenvalue weighted by atomic mass is 10.1. The lowest BCUT2D eigenvalue weighted by Gasteiger charge is -2.09. The van der Waals surface area contributed by atoms with Crippen LogP contribution in [0.4, 0.5) is 5.82 Å². The normalized spacial score (nSPS) is 9.85. The van der Waals surface area contributed by atoms with Crippen LogP contribution in [0, 0.1) is 11.3 Å². The van der Waals surface area contributed by atoms with Gasteiger partial charge in [0.15, 0.2) is 0 Å². The van der Waals surface area contributed by atoms with E-state index >= 15 is 0 Å². The summed E-state index contributed by atoms with van der Waals surface area (Å²) >= 11 is 0. The first kappa shape index (κ1) is 13.8. The highest BCUT2D eigenvalue weighted by Crippen LogP contribution is 2.23. The zero-order valence-corrected chi connectivity index (χ0v) is 11.1. The minimum atomic E-state index is -0.0146. The second-order valence-corrected chi connectivity index (χ2v) is 4.08. The molecule has 1 heterocycles. The zero-order chi connectivity index (χ0) is 14.4. The van der Waals surface area contributed by atoms with Gasteiger partial charge in [-0.15, -0.1) is 0 Å².